The van der Waals surface area contributed by atoms with E-state index in [9.17, 15) is 9.18 Å². The molecule has 1 saturated heterocycles. The van der Waals surface area contributed by atoms with E-state index in [1.807, 2.05) is 6.07 Å². The van der Waals surface area contributed by atoms with Crippen LogP contribution in [0.5, 0.6) is 0 Å². The zero-order valence-corrected chi connectivity index (χ0v) is 11.4. The van der Waals surface area contributed by atoms with E-state index in [4.69, 9.17) is 0 Å². The van der Waals surface area contributed by atoms with Crippen molar-refractivity contribution in [3.8, 4) is 0 Å². The molecule has 0 spiro atoms. The van der Waals surface area contributed by atoms with Gasteiger partial charge in [-0.2, -0.15) is 0 Å². The lowest BCUT2D eigenvalue weighted by molar-refractivity contribution is -0.125. The van der Waals surface area contributed by atoms with Crippen LogP contribution in [0.1, 0.15) is 24.4 Å². The molecular formula is C14H17FN2OS. The highest BCUT2D eigenvalue weighted by Gasteiger charge is 2.27. The molecule has 2 heterocycles. The van der Waals surface area contributed by atoms with Crippen molar-refractivity contribution in [2.24, 2.45) is 5.92 Å². The lowest BCUT2D eigenvalue weighted by Crippen LogP contribution is -2.36. The highest BCUT2D eigenvalue weighted by atomic mass is 32.2. The predicted octanol–water partition coefficient (Wildman–Crippen LogP) is 2.09. The van der Waals surface area contributed by atoms with Gasteiger partial charge in [-0.1, -0.05) is 0 Å². The molecule has 0 bridgehead atoms. The normalized spacial score (nSPS) is 25.9. The number of carbonyl (C=O) groups excluding carboxylic acids is 1. The number of benzene rings is 1. The Morgan fingerprint density at radius 3 is 3.11 bits per heavy atom. The van der Waals surface area contributed by atoms with E-state index in [1.54, 1.807) is 17.8 Å². The summed E-state index contributed by atoms with van der Waals surface area (Å²) in [5.74, 6) is 0.888. The number of halogens is 1. The number of rotatable bonds is 2. The van der Waals surface area contributed by atoms with Crippen LogP contribution in [0.15, 0.2) is 23.1 Å². The van der Waals surface area contributed by atoms with Crippen LogP contribution < -0.4 is 10.6 Å². The summed E-state index contributed by atoms with van der Waals surface area (Å²) in [5.41, 5.74) is 0.926. The zero-order valence-electron chi connectivity index (χ0n) is 10.6. The molecule has 2 N–H and O–H groups in total. The largest absolute Gasteiger partial charge is 0.349 e. The monoisotopic (exact) mass is 280 g/mol. The Bertz CT molecular complexity index is 488. The molecule has 5 heteroatoms. The van der Waals surface area contributed by atoms with Crippen LogP contribution >= 0.6 is 11.8 Å². The van der Waals surface area contributed by atoms with Gasteiger partial charge in [0.1, 0.15) is 5.82 Å². The van der Waals surface area contributed by atoms with Gasteiger partial charge in [0.25, 0.3) is 0 Å². The molecule has 1 aromatic carbocycles. The molecule has 3 rings (SSSR count). The van der Waals surface area contributed by atoms with Crippen molar-refractivity contribution < 1.29 is 9.18 Å². The Morgan fingerprint density at radius 1 is 1.42 bits per heavy atom. The van der Waals surface area contributed by atoms with E-state index in [2.05, 4.69) is 10.6 Å². The average molecular weight is 280 g/mol. The Balaban J connectivity index is 1.75. The summed E-state index contributed by atoms with van der Waals surface area (Å²) in [6.07, 6.45) is 1.76. The molecule has 2 unspecified atom stereocenters. The smallest absolute Gasteiger partial charge is 0.224 e. The zero-order chi connectivity index (χ0) is 13.2. The van der Waals surface area contributed by atoms with Gasteiger partial charge in [-0.05, 0) is 43.1 Å². The second-order valence-corrected chi connectivity index (χ2v) is 6.21. The highest BCUT2D eigenvalue weighted by Crippen LogP contribution is 2.36. The molecule has 0 aromatic heterocycles. The predicted molar refractivity (Wildman–Crippen MR) is 73.6 cm³/mol. The number of fused-ring (bicyclic) bond motifs is 1. The first-order chi connectivity index (χ1) is 9.24. The van der Waals surface area contributed by atoms with Crippen molar-refractivity contribution in [2.45, 2.75) is 23.8 Å². The molecule has 0 saturated carbocycles. The van der Waals surface area contributed by atoms with E-state index in [0.29, 0.717) is 0 Å². The van der Waals surface area contributed by atoms with Crippen LogP contribution in [0.25, 0.3) is 0 Å². The Hall–Kier alpha value is -1.07. The van der Waals surface area contributed by atoms with Gasteiger partial charge in [0, 0.05) is 17.2 Å². The fourth-order valence-corrected chi connectivity index (χ4v) is 3.79. The van der Waals surface area contributed by atoms with Crippen molar-refractivity contribution in [2.75, 3.05) is 18.8 Å². The summed E-state index contributed by atoms with van der Waals surface area (Å²) in [6, 6.07) is 4.81. The van der Waals surface area contributed by atoms with E-state index in [-0.39, 0.29) is 23.7 Å². The quantitative estimate of drug-likeness (QED) is 0.871. The summed E-state index contributed by atoms with van der Waals surface area (Å²) in [4.78, 5) is 13.2. The Kier molecular flexibility index (Phi) is 3.75. The van der Waals surface area contributed by atoms with E-state index in [0.717, 1.165) is 42.1 Å². The van der Waals surface area contributed by atoms with Gasteiger partial charge in [0.15, 0.2) is 0 Å². The van der Waals surface area contributed by atoms with Crippen molar-refractivity contribution in [1.29, 1.82) is 0 Å². The van der Waals surface area contributed by atoms with Crippen LogP contribution in [0.4, 0.5) is 4.39 Å². The second kappa shape index (κ2) is 5.51. The van der Waals surface area contributed by atoms with Gasteiger partial charge < -0.3 is 10.6 Å². The number of hydrogen-bond donors (Lipinski definition) is 2. The molecule has 102 valence electrons. The molecule has 1 fully saturated rings. The molecular weight excluding hydrogens is 263 g/mol. The van der Waals surface area contributed by atoms with Gasteiger partial charge in [-0.3, -0.25) is 4.79 Å². The highest BCUT2D eigenvalue weighted by molar-refractivity contribution is 7.99. The molecule has 1 amide bonds. The molecule has 3 nitrogen and oxygen atoms in total. The first-order valence-electron chi connectivity index (χ1n) is 6.67. The van der Waals surface area contributed by atoms with Gasteiger partial charge in [-0.15, -0.1) is 11.8 Å². The topological polar surface area (TPSA) is 41.1 Å². The maximum atomic E-state index is 13.4. The van der Waals surface area contributed by atoms with Gasteiger partial charge in [0.05, 0.1) is 12.0 Å². The Morgan fingerprint density at radius 2 is 2.32 bits per heavy atom. The summed E-state index contributed by atoms with van der Waals surface area (Å²) >= 11 is 1.73. The maximum Gasteiger partial charge on any atom is 0.224 e. The lowest BCUT2D eigenvalue weighted by atomic mass is 10.0. The van der Waals surface area contributed by atoms with E-state index < -0.39 is 0 Å². The Labute approximate surface area is 116 Å². The molecule has 2 aliphatic rings. The number of amides is 1. The molecule has 0 aliphatic carbocycles. The van der Waals surface area contributed by atoms with E-state index >= 15 is 0 Å². The second-order valence-electron chi connectivity index (χ2n) is 5.07. The number of hydrogen-bond acceptors (Lipinski definition) is 3. The van der Waals surface area contributed by atoms with Crippen molar-refractivity contribution in [3.05, 3.63) is 29.6 Å². The average Bonchev–Trinajstić information content (AvgIpc) is 2.93. The fraction of sp³-hybridized carbons (Fsp3) is 0.500. The van der Waals surface area contributed by atoms with Crippen LogP contribution in [-0.2, 0) is 4.79 Å². The first kappa shape index (κ1) is 12.9. The third-order valence-corrected chi connectivity index (χ3v) is 4.88. The number of thioether (sulfide) groups is 1. The van der Waals surface area contributed by atoms with Crippen LogP contribution in [0, 0.1) is 11.7 Å². The van der Waals surface area contributed by atoms with Crippen molar-refractivity contribution in [3.63, 3.8) is 0 Å². The van der Waals surface area contributed by atoms with Crippen LogP contribution in [-0.4, -0.2) is 24.7 Å². The molecule has 2 aliphatic heterocycles. The summed E-state index contributed by atoms with van der Waals surface area (Å²) in [5, 5.41) is 6.28. The van der Waals surface area contributed by atoms with Crippen LogP contribution in [0.3, 0.4) is 0 Å². The SMILES string of the molecule is O=C(NC1CCSc2ccc(F)cc21)C1CCNC1. The summed E-state index contributed by atoms with van der Waals surface area (Å²) in [7, 11) is 0. The summed E-state index contributed by atoms with van der Waals surface area (Å²) in [6.45, 7) is 1.66. The van der Waals surface area contributed by atoms with E-state index in [1.165, 1.54) is 6.07 Å². The molecule has 19 heavy (non-hydrogen) atoms. The minimum atomic E-state index is -0.233. The number of carbonyl (C=O) groups is 1. The van der Waals surface area contributed by atoms with Gasteiger partial charge >= 0.3 is 0 Å². The first-order valence-corrected chi connectivity index (χ1v) is 7.66. The number of nitrogens with one attached hydrogen (secondary N) is 2. The molecule has 2 atom stereocenters. The molecule has 1 aromatic rings. The van der Waals surface area contributed by atoms with Crippen molar-refractivity contribution >= 4 is 17.7 Å². The molecule has 0 radical (unpaired) electrons. The fourth-order valence-electron chi connectivity index (χ4n) is 2.68. The third-order valence-electron chi connectivity index (χ3n) is 3.76. The minimum Gasteiger partial charge on any atom is -0.349 e. The minimum absolute atomic E-state index is 0.0416. The van der Waals surface area contributed by atoms with Crippen LogP contribution in [0.2, 0.25) is 0 Å². The lowest BCUT2D eigenvalue weighted by Gasteiger charge is -2.27. The standard InChI is InChI=1S/C14H17FN2OS/c15-10-1-2-13-11(7-10)12(4-6-19-13)17-14(18)9-3-5-16-8-9/h1-2,7,9,12,16H,3-6,8H2,(H,17,18). The maximum absolute atomic E-state index is 13.4. The third kappa shape index (κ3) is 2.77. The van der Waals surface area contributed by atoms with Gasteiger partial charge in [0.2, 0.25) is 5.91 Å². The van der Waals surface area contributed by atoms with Crippen molar-refractivity contribution in [1.82, 2.24) is 10.6 Å². The summed E-state index contributed by atoms with van der Waals surface area (Å²) < 4.78 is 13.4. The van der Waals surface area contributed by atoms with Gasteiger partial charge in [-0.25, -0.2) is 4.39 Å².